The van der Waals surface area contributed by atoms with E-state index in [4.69, 9.17) is 21.1 Å². The fourth-order valence-electron chi connectivity index (χ4n) is 3.46. The molecule has 1 heterocycles. The Morgan fingerprint density at radius 3 is 2.48 bits per heavy atom. The Labute approximate surface area is 187 Å². The third-order valence-corrected chi connectivity index (χ3v) is 6.87. The summed E-state index contributed by atoms with van der Waals surface area (Å²) < 4.78 is 37.4. The maximum atomic E-state index is 12.9. The number of methoxy groups -OCH3 is 1. The van der Waals surface area contributed by atoms with Gasteiger partial charge in [-0.25, -0.2) is 13.1 Å². The van der Waals surface area contributed by atoms with Crippen molar-refractivity contribution < 1.29 is 22.7 Å². The molecule has 1 amide bonds. The molecule has 10 heteroatoms. The van der Waals surface area contributed by atoms with Gasteiger partial charge in [-0.15, -0.1) is 0 Å². The molecular weight excluding hydrogens is 442 g/mol. The van der Waals surface area contributed by atoms with Crippen LogP contribution in [0, 0.1) is 0 Å². The molecular formula is C21H26ClN3O5S. The normalized spacial score (nSPS) is 16.0. The second kappa shape index (κ2) is 10.4. The van der Waals surface area contributed by atoms with E-state index in [0.29, 0.717) is 24.8 Å². The van der Waals surface area contributed by atoms with Crippen LogP contribution in [0.2, 0.25) is 5.02 Å². The zero-order valence-corrected chi connectivity index (χ0v) is 19.0. The van der Waals surface area contributed by atoms with Gasteiger partial charge in [-0.05, 0) is 42.9 Å². The van der Waals surface area contributed by atoms with E-state index >= 15 is 0 Å². The molecule has 1 unspecified atom stereocenters. The van der Waals surface area contributed by atoms with E-state index in [1.165, 1.54) is 32.4 Å². The summed E-state index contributed by atoms with van der Waals surface area (Å²) in [5, 5.41) is 3.58. The molecule has 2 aromatic rings. The zero-order valence-electron chi connectivity index (χ0n) is 17.4. The number of hydrogen-bond acceptors (Lipinski definition) is 6. The zero-order chi connectivity index (χ0) is 22.4. The van der Waals surface area contributed by atoms with Crippen LogP contribution in [0.15, 0.2) is 47.4 Å². The van der Waals surface area contributed by atoms with Crippen LogP contribution in [-0.2, 0) is 14.8 Å². The highest BCUT2D eigenvalue weighted by molar-refractivity contribution is 7.89. The van der Waals surface area contributed by atoms with Crippen molar-refractivity contribution in [3.63, 3.8) is 0 Å². The van der Waals surface area contributed by atoms with Crippen LogP contribution in [-0.4, -0.2) is 66.2 Å². The van der Waals surface area contributed by atoms with Gasteiger partial charge < -0.3 is 14.8 Å². The van der Waals surface area contributed by atoms with Crippen molar-refractivity contribution in [1.29, 1.82) is 0 Å². The van der Waals surface area contributed by atoms with Gasteiger partial charge in [-0.1, -0.05) is 23.7 Å². The second-order valence-corrected chi connectivity index (χ2v) is 9.29. The summed E-state index contributed by atoms with van der Waals surface area (Å²) in [6, 6.07) is 11.8. The average molecular weight is 468 g/mol. The number of carbonyl (C=O) groups excluding carboxylic acids is 1. The quantitative estimate of drug-likeness (QED) is 0.616. The molecule has 2 N–H and O–H groups in total. The van der Waals surface area contributed by atoms with Gasteiger partial charge in [-0.3, -0.25) is 9.69 Å². The van der Waals surface area contributed by atoms with E-state index < -0.39 is 10.0 Å². The molecule has 0 bridgehead atoms. The smallest absolute Gasteiger partial charge is 0.251 e. The molecule has 0 spiro atoms. The molecule has 2 aromatic carbocycles. The first-order chi connectivity index (χ1) is 14.9. The maximum absolute atomic E-state index is 12.9. The number of benzene rings is 2. The van der Waals surface area contributed by atoms with E-state index in [0.717, 1.165) is 18.7 Å². The number of carbonyl (C=O) groups is 1. The molecule has 8 nitrogen and oxygen atoms in total. The van der Waals surface area contributed by atoms with Gasteiger partial charge in [0.05, 0.1) is 26.4 Å². The Kier molecular flexibility index (Phi) is 7.90. The Bertz CT molecular complexity index is 1010. The number of ether oxygens (including phenoxy) is 2. The lowest BCUT2D eigenvalue weighted by Crippen LogP contribution is -2.43. The minimum Gasteiger partial charge on any atom is -0.495 e. The highest BCUT2D eigenvalue weighted by atomic mass is 35.5. The molecule has 0 saturated carbocycles. The minimum absolute atomic E-state index is 0.0659. The molecule has 3 rings (SSSR count). The molecule has 1 fully saturated rings. The van der Waals surface area contributed by atoms with Crippen LogP contribution in [0.5, 0.6) is 5.75 Å². The van der Waals surface area contributed by atoms with Gasteiger partial charge in [0.1, 0.15) is 10.6 Å². The highest BCUT2D eigenvalue weighted by Crippen LogP contribution is 2.26. The van der Waals surface area contributed by atoms with Crippen LogP contribution in [0.1, 0.15) is 22.0 Å². The van der Waals surface area contributed by atoms with Gasteiger partial charge in [0.15, 0.2) is 0 Å². The van der Waals surface area contributed by atoms with Gasteiger partial charge >= 0.3 is 0 Å². The number of nitrogens with zero attached hydrogens (tertiary/aromatic N) is 1. The van der Waals surface area contributed by atoms with Crippen LogP contribution in [0.25, 0.3) is 0 Å². The van der Waals surface area contributed by atoms with Crippen molar-refractivity contribution in [2.75, 3.05) is 47.0 Å². The molecule has 0 radical (unpaired) electrons. The van der Waals surface area contributed by atoms with Gasteiger partial charge in [-0.2, -0.15) is 0 Å². The van der Waals surface area contributed by atoms with E-state index in [1.54, 1.807) is 0 Å². The first-order valence-corrected chi connectivity index (χ1v) is 11.7. The Balaban J connectivity index is 1.80. The number of amides is 1. The summed E-state index contributed by atoms with van der Waals surface area (Å²) in [5.74, 6) is -0.208. The Hall–Kier alpha value is -2.17. The van der Waals surface area contributed by atoms with Crippen molar-refractivity contribution >= 4 is 27.5 Å². The molecule has 1 atom stereocenters. The summed E-state index contributed by atoms with van der Waals surface area (Å²) in [7, 11) is -1.10. The fourth-order valence-corrected chi connectivity index (χ4v) is 4.51. The van der Waals surface area contributed by atoms with Crippen LogP contribution in [0.4, 0.5) is 0 Å². The summed E-state index contributed by atoms with van der Waals surface area (Å²) in [6.07, 6.45) is 0. The molecule has 0 aromatic heterocycles. The largest absolute Gasteiger partial charge is 0.495 e. The number of sulfonamides is 1. The minimum atomic E-state index is -3.78. The van der Waals surface area contributed by atoms with E-state index in [2.05, 4.69) is 14.9 Å². The third-order valence-electron chi connectivity index (χ3n) is 5.18. The number of morpholine rings is 1. The van der Waals surface area contributed by atoms with Crippen LogP contribution < -0.4 is 14.8 Å². The molecule has 0 aliphatic carbocycles. The highest BCUT2D eigenvalue weighted by Gasteiger charge is 2.24. The number of hydrogen-bond donors (Lipinski definition) is 2. The predicted molar refractivity (Wildman–Crippen MR) is 118 cm³/mol. The lowest BCUT2D eigenvalue weighted by molar-refractivity contribution is 0.0162. The van der Waals surface area contributed by atoms with Crippen molar-refractivity contribution in [1.82, 2.24) is 14.9 Å². The lowest BCUT2D eigenvalue weighted by atomic mass is 10.0. The molecule has 1 aliphatic heterocycles. The van der Waals surface area contributed by atoms with Crippen molar-refractivity contribution in [2.45, 2.75) is 10.9 Å². The van der Waals surface area contributed by atoms with E-state index in [9.17, 15) is 13.2 Å². The van der Waals surface area contributed by atoms with E-state index in [-0.39, 0.29) is 28.2 Å². The number of halogens is 1. The summed E-state index contributed by atoms with van der Waals surface area (Å²) in [4.78, 5) is 15.0. The third kappa shape index (κ3) is 5.75. The van der Waals surface area contributed by atoms with Gasteiger partial charge in [0.25, 0.3) is 5.91 Å². The molecule has 31 heavy (non-hydrogen) atoms. The molecule has 168 valence electrons. The summed E-state index contributed by atoms with van der Waals surface area (Å²) >= 11 is 6.03. The molecule has 1 aliphatic rings. The fraction of sp³-hybridized carbons (Fsp3) is 0.381. The topological polar surface area (TPSA) is 97.0 Å². The average Bonchev–Trinajstić information content (AvgIpc) is 2.80. The van der Waals surface area contributed by atoms with Crippen LogP contribution >= 0.6 is 11.6 Å². The van der Waals surface area contributed by atoms with Crippen molar-refractivity contribution in [3.05, 3.63) is 58.6 Å². The first kappa shape index (κ1) is 23.5. The standard InChI is InChI=1S/C21H26ClN3O5S/c1-23-31(27,28)20-13-16(5-8-19(20)29-2)21(26)24-14-18(25-9-11-30-12-10-25)15-3-6-17(22)7-4-15/h3-8,13,18,23H,9-12,14H2,1-2H3,(H,24,26). The van der Waals surface area contributed by atoms with Crippen molar-refractivity contribution in [3.8, 4) is 5.75 Å². The van der Waals surface area contributed by atoms with Gasteiger partial charge in [0.2, 0.25) is 10.0 Å². The molecule has 1 saturated heterocycles. The number of nitrogens with one attached hydrogen (secondary N) is 2. The SMILES string of the molecule is CNS(=O)(=O)c1cc(C(=O)NCC(c2ccc(Cl)cc2)N2CCOCC2)ccc1OC. The summed E-state index contributed by atoms with van der Waals surface area (Å²) in [6.45, 7) is 3.09. The second-order valence-electron chi connectivity index (χ2n) is 7.00. The lowest BCUT2D eigenvalue weighted by Gasteiger charge is -2.35. The Morgan fingerprint density at radius 1 is 1.19 bits per heavy atom. The first-order valence-electron chi connectivity index (χ1n) is 9.82. The monoisotopic (exact) mass is 467 g/mol. The van der Waals surface area contributed by atoms with E-state index in [1.807, 2.05) is 24.3 Å². The maximum Gasteiger partial charge on any atom is 0.251 e. The predicted octanol–water partition coefficient (Wildman–Crippen LogP) is 2.06. The Morgan fingerprint density at radius 2 is 1.87 bits per heavy atom. The van der Waals surface area contributed by atoms with Crippen molar-refractivity contribution in [2.24, 2.45) is 0 Å². The van der Waals surface area contributed by atoms with Gasteiger partial charge in [0, 0.05) is 30.2 Å². The number of rotatable bonds is 8. The van der Waals surface area contributed by atoms with Crippen LogP contribution in [0.3, 0.4) is 0 Å². The summed E-state index contributed by atoms with van der Waals surface area (Å²) in [5.41, 5.74) is 1.26.